The number of rotatable bonds is 6. The van der Waals surface area contributed by atoms with Crippen molar-refractivity contribution in [1.29, 1.82) is 5.26 Å². The molecule has 3 aromatic heterocycles. The van der Waals surface area contributed by atoms with E-state index in [0.29, 0.717) is 29.6 Å². The van der Waals surface area contributed by atoms with Crippen LogP contribution >= 0.6 is 0 Å². The molecule has 0 amide bonds. The fraction of sp³-hybridized carbons (Fsp3) is 0.414. The van der Waals surface area contributed by atoms with Crippen LogP contribution in [0.2, 0.25) is 0 Å². The fourth-order valence-corrected chi connectivity index (χ4v) is 5.13. The largest absolute Gasteiger partial charge is 0.458 e. The van der Waals surface area contributed by atoms with Gasteiger partial charge in [0.25, 0.3) is 5.56 Å². The molecule has 2 atom stereocenters. The highest BCUT2D eigenvalue weighted by atomic mass is 16.6. The van der Waals surface area contributed by atoms with E-state index < -0.39 is 23.2 Å². The highest BCUT2D eigenvalue weighted by molar-refractivity contribution is 5.91. The standard InChI is InChI=1S/C29H33N7O4/c1-18-16-19(2)35(33-18)21-8-6-20(7-9-21)32-25-24-22(11-15-31-26(24)37)36(34-25)29(13-14-30)12-10-23(39-17-29)27(38)40-28(3,4)5/h6-9,11,15-16,23H,10,12-13,17H2,1-5H3,(H,31,37)(H,32,34). The number of nitriles is 1. The lowest BCUT2D eigenvalue weighted by molar-refractivity contribution is -0.176. The third-order valence-corrected chi connectivity index (χ3v) is 6.94. The smallest absolute Gasteiger partial charge is 0.335 e. The Morgan fingerprint density at radius 1 is 1.25 bits per heavy atom. The molecule has 1 aromatic carbocycles. The molecule has 0 saturated carbocycles. The molecule has 11 nitrogen and oxygen atoms in total. The number of benzene rings is 1. The molecule has 4 heterocycles. The monoisotopic (exact) mass is 543 g/mol. The molecule has 11 heteroatoms. The van der Waals surface area contributed by atoms with Crippen LogP contribution in [0.25, 0.3) is 16.6 Å². The number of fused-ring (bicyclic) bond motifs is 1. The fourth-order valence-electron chi connectivity index (χ4n) is 5.13. The average Bonchev–Trinajstić information content (AvgIpc) is 3.44. The predicted octanol–water partition coefficient (Wildman–Crippen LogP) is 4.40. The van der Waals surface area contributed by atoms with Gasteiger partial charge in [0.1, 0.15) is 11.0 Å². The molecule has 2 unspecified atom stereocenters. The second-order valence-corrected chi connectivity index (χ2v) is 11.3. The molecule has 0 aliphatic carbocycles. The third kappa shape index (κ3) is 5.22. The molecule has 0 bridgehead atoms. The van der Waals surface area contributed by atoms with Crippen molar-refractivity contribution in [2.75, 3.05) is 11.9 Å². The Morgan fingerprint density at radius 3 is 2.60 bits per heavy atom. The Labute approximate surface area is 231 Å². The van der Waals surface area contributed by atoms with E-state index in [2.05, 4.69) is 21.5 Å². The molecule has 40 heavy (non-hydrogen) atoms. The number of aromatic nitrogens is 5. The number of anilines is 2. The lowest BCUT2D eigenvalue weighted by Crippen LogP contribution is -2.47. The summed E-state index contributed by atoms with van der Waals surface area (Å²) in [6.07, 6.45) is 1.73. The molecule has 5 rings (SSSR count). The maximum Gasteiger partial charge on any atom is 0.335 e. The second kappa shape index (κ2) is 10.3. The van der Waals surface area contributed by atoms with Crippen LogP contribution in [-0.4, -0.2) is 48.8 Å². The Hall–Kier alpha value is -4.43. The number of carbonyl (C=O) groups is 1. The summed E-state index contributed by atoms with van der Waals surface area (Å²) in [5.41, 5.74) is 2.39. The highest BCUT2D eigenvalue weighted by Gasteiger charge is 2.43. The minimum absolute atomic E-state index is 0.0742. The number of aromatic amines is 1. The van der Waals surface area contributed by atoms with Crippen molar-refractivity contribution in [2.45, 2.75) is 71.1 Å². The number of nitrogens with one attached hydrogen (secondary N) is 2. The van der Waals surface area contributed by atoms with Crippen LogP contribution in [0.1, 0.15) is 51.4 Å². The summed E-state index contributed by atoms with van der Waals surface area (Å²) in [5, 5.41) is 22.7. The SMILES string of the molecule is Cc1cc(C)n(-c2ccc(Nc3nn(C4(CC#N)CCC(C(=O)OC(C)(C)C)OC4)c4cc[nH]c(=O)c34)cc2)n1. The topological polar surface area (TPSA) is 140 Å². The molecule has 1 aliphatic rings. The van der Waals surface area contributed by atoms with Crippen LogP contribution in [0.5, 0.6) is 0 Å². The normalized spacial score (nSPS) is 19.4. The Morgan fingerprint density at radius 2 is 2.00 bits per heavy atom. The van der Waals surface area contributed by atoms with Crippen LogP contribution in [0.3, 0.4) is 0 Å². The number of nitrogens with zero attached hydrogens (tertiary/aromatic N) is 5. The third-order valence-electron chi connectivity index (χ3n) is 6.94. The molecule has 208 valence electrons. The summed E-state index contributed by atoms with van der Waals surface area (Å²) in [5.74, 6) is -0.0617. The van der Waals surface area contributed by atoms with Crippen molar-refractivity contribution in [3.8, 4) is 11.8 Å². The van der Waals surface area contributed by atoms with Crippen molar-refractivity contribution in [2.24, 2.45) is 0 Å². The molecule has 1 saturated heterocycles. The summed E-state index contributed by atoms with van der Waals surface area (Å²) in [6, 6.07) is 13.7. The Balaban J connectivity index is 1.46. The number of pyridine rings is 1. The molecule has 0 spiro atoms. The van der Waals surface area contributed by atoms with Gasteiger partial charge in [-0.15, -0.1) is 0 Å². The highest BCUT2D eigenvalue weighted by Crippen LogP contribution is 2.37. The predicted molar refractivity (Wildman–Crippen MR) is 150 cm³/mol. The number of H-pyrrole nitrogens is 1. The minimum atomic E-state index is -0.863. The van der Waals surface area contributed by atoms with E-state index in [-0.39, 0.29) is 18.6 Å². The number of aryl methyl sites for hydroxylation is 2. The van der Waals surface area contributed by atoms with Gasteiger partial charge in [-0.05, 0) is 83.9 Å². The summed E-state index contributed by atoms with van der Waals surface area (Å²) in [7, 11) is 0. The first-order valence-electron chi connectivity index (χ1n) is 13.2. The van der Waals surface area contributed by atoms with Gasteiger partial charge in [-0.2, -0.15) is 15.5 Å². The molecule has 1 fully saturated rings. The zero-order valence-electron chi connectivity index (χ0n) is 23.3. The lowest BCUT2D eigenvalue weighted by Gasteiger charge is -2.39. The summed E-state index contributed by atoms with van der Waals surface area (Å²) >= 11 is 0. The number of carbonyl (C=O) groups excluding carboxylic acids is 1. The van der Waals surface area contributed by atoms with Crippen molar-refractivity contribution in [3.05, 3.63) is 64.3 Å². The first-order valence-corrected chi connectivity index (χ1v) is 13.2. The Kier molecular flexibility index (Phi) is 6.98. The molecular weight excluding hydrogens is 510 g/mol. The van der Waals surface area contributed by atoms with Gasteiger partial charge in [0.15, 0.2) is 11.9 Å². The van der Waals surface area contributed by atoms with Crippen LogP contribution in [-0.2, 0) is 19.8 Å². The number of esters is 1. The van der Waals surface area contributed by atoms with Gasteiger partial charge in [0.2, 0.25) is 0 Å². The molecule has 2 N–H and O–H groups in total. The number of hydrogen-bond donors (Lipinski definition) is 2. The van der Waals surface area contributed by atoms with Crippen molar-refractivity contribution in [1.82, 2.24) is 24.5 Å². The van der Waals surface area contributed by atoms with Gasteiger partial charge < -0.3 is 19.8 Å². The zero-order valence-corrected chi connectivity index (χ0v) is 23.3. The maximum atomic E-state index is 13.0. The first-order chi connectivity index (χ1) is 19.0. The summed E-state index contributed by atoms with van der Waals surface area (Å²) < 4.78 is 15.1. The molecule has 4 aromatic rings. The second-order valence-electron chi connectivity index (χ2n) is 11.3. The van der Waals surface area contributed by atoms with Crippen LogP contribution < -0.4 is 10.9 Å². The van der Waals surface area contributed by atoms with E-state index in [1.165, 1.54) is 0 Å². The summed E-state index contributed by atoms with van der Waals surface area (Å²) in [4.78, 5) is 28.3. The van der Waals surface area contributed by atoms with E-state index in [4.69, 9.17) is 14.6 Å². The molecule has 1 aliphatic heterocycles. The van der Waals surface area contributed by atoms with Gasteiger partial charge in [0, 0.05) is 17.6 Å². The van der Waals surface area contributed by atoms with Gasteiger partial charge in [0.05, 0.1) is 41.5 Å². The summed E-state index contributed by atoms with van der Waals surface area (Å²) in [6.45, 7) is 9.45. The molecule has 0 radical (unpaired) electrons. The first kappa shape index (κ1) is 27.1. The van der Waals surface area contributed by atoms with Crippen molar-refractivity contribution in [3.63, 3.8) is 0 Å². The molecular formula is C29H33N7O4. The Bertz CT molecular complexity index is 1640. The van der Waals surface area contributed by atoms with Gasteiger partial charge in [-0.25, -0.2) is 9.48 Å². The van der Waals surface area contributed by atoms with Gasteiger partial charge in [-0.1, -0.05) is 0 Å². The van der Waals surface area contributed by atoms with E-state index in [9.17, 15) is 14.9 Å². The van der Waals surface area contributed by atoms with E-state index in [0.717, 1.165) is 22.8 Å². The number of hydrogen-bond acceptors (Lipinski definition) is 8. The quantitative estimate of drug-likeness (QED) is 0.341. The van der Waals surface area contributed by atoms with Crippen LogP contribution in [0.15, 0.2) is 47.4 Å². The van der Waals surface area contributed by atoms with E-state index in [1.54, 1.807) is 16.9 Å². The number of ether oxygens (including phenoxy) is 2. The lowest BCUT2D eigenvalue weighted by atomic mass is 9.87. The maximum absolute atomic E-state index is 13.0. The van der Waals surface area contributed by atoms with Crippen molar-refractivity contribution >= 4 is 28.4 Å². The van der Waals surface area contributed by atoms with Crippen molar-refractivity contribution < 1.29 is 14.3 Å². The minimum Gasteiger partial charge on any atom is -0.458 e. The zero-order chi connectivity index (χ0) is 28.7. The van der Waals surface area contributed by atoms with Crippen LogP contribution in [0, 0.1) is 25.2 Å². The average molecular weight is 544 g/mol. The van der Waals surface area contributed by atoms with Crippen LogP contribution in [0.4, 0.5) is 11.5 Å². The van der Waals surface area contributed by atoms with E-state index >= 15 is 0 Å². The van der Waals surface area contributed by atoms with Gasteiger partial charge >= 0.3 is 5.97 Å². The van der Waals surface area contributed by atoms with Gasteiger partial charge in [-0.3, -0.25) is 9.48 Å². The van der Waals surface area contributed by atoms with E-state index in [1.807, 2.05) is 69.6 Å².